The SMILES string of the molecule is COC(=O)CC1(CSc2ccc(F)cc2[C@H](C)N)CC1. The van der Waals surface area contributed by atoms with E-state index in [0.29, 0.717) is 6.42 Å². The summed E-state index contributed by atoms with van der Waals surface area (Å²) < 4.78 is 18.0. The third kappa shape index (κ3) is 3.73. The van der Waals surface area contributed by atoms with Crippen molar-refractivity contribution < 1.29 is 13.9 Å². The Bertz CT molecular complexity index is 501. The van der Waals surface area contributed by atoms with Crippen LogP contribution in [0, 0.1) is 11.2 Å². The summed E-state index contributed by atoms with van der Waals surface area (Å²) in [5.41, 5.74) is 6.77. The lowest BCUT2D eigenvalue weighted by Crippen LogP contribution is -2.13. The maximum Gasteiger partial charge on any atom is 0.306 e. The highest BCUT2D eigenvalue weighted by Crippen LogP contribution is 2.52. The third-order valence-electron chi connectivity index (χ3n) is 3.70. The molecule has 1 aliphatic rings. The highest BCUT2D eigenvalue weighted by molar-refractivity contribution is 7.99. The molecular formula is C15H20FNO2S. The number of carbonyl (C=O) groups is 1. The Hall–Kier alpha value is -1.07. The van der Waals surface area contributed by atoms with Gasteiger partial charge < -0.3 is 10.5 Å². The molecule has 0 amide bonds. The van der Waals surface area contributed by atoms with Gasteiger partial charge in [-0.3, -0.25) is 4.79 Å². The molecule has 0 aromatic heterocycles. The minimum absolute atomic E-state index is 0.0568. The average molecular weight is 297 g/mol. The Morgan fingerprint density at radius 1 is 1.55 bits per heavy atom. The zero-order valence-electron chi connectivity index (χ0n) is 11.8. The Kier molecular flexibility index (Phi) is 4.70. The summed E-state index contributed by atoms with van der Waals surface area (Å²) in [7, 11) is 1.42. The summed E-state index contributed by atoms with van der Waals surface area (Å²) in [4.78, 5) is 12.4. The fourth-order valence-corrected chi connectivity index (χ4v) is 3.59. The molecule has 1 aromatic rings. The van der Waals surface area contributed by atoms with Crippen molar-refractivity contribution in [2.24, 2.45) is 11.1 Å². The number of thioether (sulfide) groups is 1. The van der Waals surface area contributed by atoms with Gasteiger partial charge in [-0.1, -0.05) is 0 Å². The summed E-state index contributed by atoms with van der Waals surface area (Å²) in [6.45, 7) is 1.85. The quantitative estimate of drug-likeness (QED) is 0.646. The molecule has 1 aliphatic carbocycles. The molecule has 1 atom stereocenters. The van der Waals surface area contributed by atoms with Crippen LogP contribution in [-0.2, 0) is 9.53 Å². The molecule has 20 heavy (non-hydrogen) atoms. The number of hydrogen-bond acceptors (Lipinski definition) is 4. The smallest absolute Gasteiger partial charge is 0.306 e. The van der Waals surface area contributed by atoms with Gasteiger partial charge in [0, 0.05) is 16.7 Å². The maximum atomic E-state index is 13.3. The number of esters is 1. The van der Waals surface area contributed by atoms with Gasteiger partial charge in [-0.15, -0.1) is 11.8 Å². The van der Waals surface area contributed by atoms with Crippen LogP contribution in [0.5, 0.6) is 0 Å². The highest BCUT2D eigenvalue weighted by atomic mass is 32.2. The zero-order chi connectivity index (χ0) is 14.8. The molecule has 0 heterocycles. The van der Waals surface area contributed by atoms with Crippen LogP contribution in [0.3, 0.4) is 0 Å². The number of halogens is 1. The first-order chi connectivity index (χ1) is 9.46. The van der Waals surface area contributed by atoms with Gasteiger partial charge >= 0.3 is 5.97 Å². The van der Waals surface area contributed by atoms with Crippen molar-refractivity contribution in [2.75, 3.05) is 12.9 Å². The van der Waals surface area contributed by atoms with Gasteiger partial charge in [0.25, 0.3) is 0 Å². The van der Waals surface area contributed by atoms with Gasteiger partial charge in [0.1, 0.15) is 5.82 Å². The van der Waals surface area contributed by atoms with Crippen molar-refractivity contribution in [3.8, 4) is 0 Å². The minimum atomic E-state index is -0.266. The summed E-state index contributed by atoms with van der Waals surface area (Å²) in [5, 5.41) is 0. The summed E-state index contributed by atoms with van der Waals surface area (Å²) in [6, 6.07) is 4.51. The molecule has 110 valence electrons. The second-order valence-corrected chi connectivity index (χ2v) is 6.53. The molecule has 3 nitrogen and oxygen atoms in total. The Labute approximate surface area is 123 Å². The van der Waals surface area contributed by atoms with Gasteiger partial charge in [-0.05, 0) is 48.9 Å². The summed E-state index contributed by atoms with van der Waals surface area (Å²) >= 11 is 1.65. The van der Waals surface area contributed by atoms with Crippen molar-refractivity contribution in [2.45, 2.75) is 37.1 Å². The number of methoxy groups -OCH3 is 1. The number of ether oxygens (including phenoxy) is 1. The number of nitrogens with two attached hydrogens (primary N) is 1. The van der Waals surface area contributed by atoms with E-state index in [1.54, 1.807) is 17.8 Å². The molecule has 5 heteroatoms. The van der Waals surface area contributed by atoms with E-state index in [0.717, 1.165) is 29.1 Å². The van der Waals surface area contributed by atoms with Gasteiger partial charge in [0.05, 0.1) is 13.5 Å². The molecule has 0 unspecified atom stereocenters. The summed E-state index contributed by atoms with van der Waals surface area (Å²) in [5.74, 6) is 0.417. The first-order valence-corrected chi connectivity index (χ1v) is 7.69. The maximum absolute atomic E-state index is 13.3. The Morgan fingerprint density at radius 3 is 2.80 bits per heavy atom. The predicted molar refractivity (Wildman–Crippen MR) is 78.0 cm³/mol. The molecule has 1 fully saturated rings. The lowest BCUT2D eigenvalue weighted by molar-refractivity contribution is -0.141. The monoisotopic (exact) mass is 297 g/mol. The first kappa shape index (κ1) is 15.3. The van der Waals surface area contributed by atoms with Crippen molar-refractivity contribution in [1.29, 1.82) is 0 Å². The highest BCUT2D eigenvalue weighted by Gasteiger charge is 2.44. The fourth-order valence-electron chi connectivity index (χ4n) is 2.16. The molecule has 0 radical (unpaired) electrons. The van der Waals surface area contributed by atoms with E-state index < -0.39 is 0 Å². The van der Waals surface area contributed by atoms with Crippen LogP contribution in [0.15, 0.2) is 23.1 Å². The normalized spacial score (nSPS) is 17.6. The van der Waals surface area contributed by atoms with E-state index in [2.05, 4.69) is 0 Å². The van der Waals surface area contributed by atoms with Crippen molar-refractivity contribution in [3.05, 3.63) is 29.6 Å². The standard InChI is InChI=1S/C15H20FNO2S/c1-10(17)12-7-11(16)3-4-13(12)20-9-15(5-6-15)8-14(18)19-2/h3-4,7,10H,5-6,8-9,17H2,1-2H3/t10-/m0/s1. The first-order valence-electron chi connectivity index (χ1n) is 6.70. The minimum Gasteiger partial charge on any atom is -0.469 e. The van der Waals surface area contributed by atoms with E-state index in [-0.39, 0.29) is 23.2 Å². The lowest BCUT2D eigenvalue weighted by Gasteiger charge is -2.16. The van der Waals surface area contributed by atoms with Crippen molar-refractivity contribution in [3.63, 3.8) is 0 Å². The molecule has 0 saturated heterocycles. The van der Waals surface area contributed by atoms with Crippen LogP contribution in [0.2, 0.25) is 0 Å². The predicted octanol–water partition coefficient (Wildman–Crippen LogP) is 3.28. The van der Waals surface area contributed by atoms with Gasteiger partial charge in [0.15, 0.2) is 0 Å². The molecule has 0 bridgehead atoms. The number of benzene rings is 1. The van der Waals surface area contributed by atoms with Crippen LogP contribution in [0.1, 0.15) is 37.8 Å². The number of hydrogen-bond donors (Lipinski definition) is 1. The van der Waals surface area contributed by atoms with Crippen LogP contribution < -0.4 is 5.73 Å². The lowest BCUT2D eigenvalue weighted by atomic mass is 10.1. The number of carbonyl (C=O) groups excluding carboxylic acids is 1. The van der Waals surface area contributed by atoms with Crippen molar-refractivity contribution in [1.82, 2.24) is 0 Å². The zero-order valence-corrected chi connectivity index (χ0v) is 12.6. The fraction of sp³-hybridized carbons (Fsp3) is 0.533. The van der Waals surface area contributed by atoms with Crippen LogP contribution in [0.25, 0.3) is 0 Å². The molecule has 2 N–H and O–H groups in total. The molecule has 2 rings (SSSR count). The van der Waals surface area contributed by atoms with Gasteiger partial charge in [-0.2, -0.15) is 0 Å². The van der Waals surface area contributed by atoms with E-state index in [1.165, 1.54) is 19.2 Å². The third-order valence-corrected chi connectivity index (χ3v) is 5.14. The Balaban J connectivity index is 2.02. The Morgan fingerprint density at radius 2 is 2.25 bits per heavy atom. The van der Waals surface area contributed by atoms with Gasteiger partial charge in [0.2, 0.25) is 0 Å². The molecule has 1 aromatic carbocycles. The number of rotatable bonds is 6. The van der Waals surface area contributed by atoms with E-state index >= 15 is 0 Å². The van der Waals surface area contributed by atoms with Crippen molar-refractivity contribution >= 4 is 17.7 Å². The van der Waals surface area contributed by atoms with E-state index in [9.17, 15) is 9.18 Å². The molecular weight excluding hydrogens is 277 g/mol. The molecule has 1 saturated carbocycles. The summed E-state index contributed by atoms with van der Waals surface area (Å²) in [6.07, 6.45) is 2.55. The molecule has 0 aliphatic heterocycles. The van der Waals surface area contributed by atoms with E-state index in [1.807, 2.05) is 6.92 Å². The van der Waals surface area contributed by atoms with Crippen LogP contribution >= 0.6 is 11.8 Å². The van der Waals surface area contributed by atoms with Gasteiger partial charge in [-0.25, -0.2) is 4.39 Å². The second-order valence-electron chi connectivity index (χ2n) is 5.51. The molecule has 0 spiro atoms. The average Bonchev–Trinajstić information content (AvgIpc) is 3.17. The second kappa shape index (κ2) is 6.14. The topological polar surface area (TPSA) is 52.3 Å². The van der Waals surface area contributed by atoms with E-state index in [4.69, 9.17) is 10.5 Å². The largest absolute Gasteiger partial charge is 0.469 e. The van der Waals surface area contributed by atoms with Crippen LogP contribution in [0.4, 0.5) is 4.39 Å². The van der Waals surface area contributed by atoms with Crippen LogP contribution in [-0.4, -0.2) is 18.8 Å².